The Hall–Kier alpha value is -1.22. The molecule has 2 aromatic carbocycles. The molecule has 20 heavy (non-hydrogen) atoms. The topological polar surface area (TPSA) is 21.3 Å². The lowest BCUT2D eigenvalue weighted by atomic mass is 9.85. The zero-order valence-corrected chi connectivity index (χ0v) is 12.8. The molecular formula is C16H17Cl2NO. The maximum atomic E-state index is 6.10. The minimum atomic E-state index is 0. The van der Waals surface area contributed by atoms with Gasteiger partial charge in [-0.25, -0.2) is 0 Å². The highest BCUT2D eigenvalue weighted by atomic mass is 35.5. The minimum Gasteiger partial charge on any atom is -0.497 e. The summed E-state index contributed by atoms with van der Waals surface area (Å²) in [6.07, 6.45) is 0. The lowest BCUT2D eigenvalue weighted by molar-refractivity contribution is 0.413. The molecule has 106 valence electrons. The predicted octanol–water partition coefficient (Wildman–Crippen LogP) is 4.01. The molecule has 4 heteroatoms. The molecule has 0 spiro atoms. The second-order valence-corrected chi connectivity index (χ2v) is 5.24. The highest BCUT2D eigenvalue weighted by molar-refractivity contribution is 6.30. The fourth-order valence-corrected chi connectivity index (χ4v) is 2.88. The number of rotatable bonds is 2. The Labute approximate surface area is 130 Å². The van der Waals surface area contributed by atoms with Gasteiger partial charge in [0.25, 0.3) is 0 Å². The van der Waals surface area contributed by atoms with Crippen LogP contribution in [0.1, 0.15) is 22.6 Å². The predicted molar refractivity (Wildman–Crippen MR) is 85.2 cm³/mol. The quantitative estimate of drug-likeness (QED) is 0.905. The molecule has 0 radical (unpaired) electrons. The molecule has 0 aliphatic carbocycles. The van der Waals surface area contributed by atoms with Crippen molar-refractivity contribution in [3.05, 3.63) is 64.2 Å². The number of methoxy groups -OCH3 is 1. The van der Waals surface area contributed by atoms with Crippen LogP contribution in [0.4, 0.5) is 0 Å². The SMILES string of the molecule is COc1ccc2c(c1)CNCC2c1cccc(Cl)c1.Cl. The molecule has 0 saturated carbocycles. The summed E-state index contributed by atoms with van der Waals surface area (Å²) in [6, 6.07) is 14.4. The molecule has 1 N–H and O–H groups in total. The van der Waals surface area contributed by atoms with Crippen molar-refractivity contribution >= 4 is 24.0 Å². The Morgan fingerprint density at radius 1 is 1.20 bits per heavy atom. The molecule has 3 rings (SSSR count). The van der Waals surface area contributed by atoms with Crippen molar-refractivity contribution in [3.8, 4) is 5.75 Å². The summed E-state index contributed by atoms with van der Waals surface area (Å²) in [7, 11) is 1.70. The molecular weight excluding hydrogens is 293 g/mol. The van der Waals surface area contributed by atoms with Crippen LogP contribution in [0.15, 0.2) is 42.5 Å². The average Bonchev–Trinajstić information content (AvgIpc) is 2.46. The summed E-state index contributed by atoms with van der Waals surface area (Å²) in [5, 5.41) is 4.25. The van der Waals surface area contributed by atoms with E-state index >= 15 is 0 Å². The molecule has 0 saturated heterocycles. The number of benzene rings is 2. The van der Waals surface area contributed by atoms with Gasteiger partial charge in [-0.2, -0.15) is 0 Å². The van der Waals surface area contributed by atoms with Crippen LogP contribution in [-0.4, -0.2) is 13.7 Å². The standard InChI is InChI=1S/C16H16ClNO.ClH/c1-19-14-5-6-15-12(8-14)9-18-10-16(15)11-3-2-4-13(17)7-11;/h2-8,16,18H,9-10H2,1H3;1H. The van der Waals surface area contributed by atoms with Gasteiger partial charge in [0.2, 0.25) is 0 Å². The first-order valence-corrected chi connectivity index (χ1v) is 6.78. The van der Waals surface area contributed by atoms with Crippen LogP contribution in [-0.2, 0) is 6.54 Å². The van der Waals surface area contributed by atoms with Crippen molar-refractivity contribution in [2.75, 3.05) is 13.7 Å². The largest absolute Gasteiger partial charge is 0.497 e. The first kappa shape index (κ1) is 15.2. The van der Waals surface area contributed by atoms with Gasteiger partial charge in [0, 0.05) is 24.0 Å². The molecule has 0 bridgehead atoms. The lowest BCUT2D eigenvalue weighted by Crippen LogP contribution is -2.28. The van der Waals surface area contributed by atoms with E-state index in [4.69, 9.17) is 16.3 Å². The van der Waals surface area contributed by atoms with Gasteiger partial charge in [-0.15, -0.1) is 12.4 Å². The van der Waals surface area contributed by atoms with E-state index in [1.165, 1.54) is 16.7 Å². The van der Waals surface area contributed by atoms with Crippen molar-refractivity contribution in [2.24, 2.45) is 0 Å². The molecule has 1 aliphatic heterocycles. The van der Waals surface area contributed by atoms with E-state index in [0.717, 1.165) is 23.9 Å². The number of nitrogens with one attached hydrogen (secondary N) is 1. The molecule has 1 unspecified atom stereocenters. The summed E-state index contributed by atoms with van der Waals surface area (Å²) < 4.78 is 5.29. The molecule has 2 aromatic rings. The van der Waals surface area contributed by atoms with E-state index in [2.05, 4.69) is 23.5 Å². The Kier molecular flexibility index (Phi) is 4.92. The average molecular weight is 310 g/mol. The third-order valence-corrected chi connectivity index (χ3v) is 3.88. The number of fused-ring (bicyclic) bond motifs is 1. The van der Waals surface area contributed by atoms with E-state index in [1.807, 2.05) is 24.3 Å². The maximum Gasteiger partial charge on any atom is 0.119 e. The van der Waals surface area contributed by atoms with Crippen molar-refractivity contribution in [2.45, 2.75) is 12.5 Å². The van der Waals surface area contributed by atoms with Crippen LogP contribution in [0.25, 0.3) is 0 Å². The van der Waals surface area contributed by atoms with Gasteiger partial charge >= 0.3 is 0 Å². The highest BCUT2D eigenvalue weighted by Gasteiger charge is 2.21. The van der Waals surface area contributed by atoms with Gasteiger partial charge < -0.3 is 10.1 Å². The lowest BCUT2D eigenvalue weighted by Gasteiger charge is -2.27. The van der Waals surface area contributed by atoms with E-state index in [1.54, 1.807) is 7.11 Å². The Bertz CT molecular complexity index is 601. The van der Waals surface area contributed by atoms with E-state index in [-0.39, 0.29) is 12.4 Å². The molecule has 1 aliphatic rings. The van der Waals surface area contributed by atoms with E-state index < -0.39 is 0 Å². The second-order valence-electron chi connectivity index (χ2n) is 4.80. The van der Waals surface area contributed by atoms with E-state index in [9.17, 15) is 0 Å². The van der Waals surface area contributed by atoms with Gasteiger partial charge in [0.15, 0.2) is 0 Å². The zero-order valence-electron chi connectivity index (χ0n) is 11.2. The number of ether oxygens (including phenoxy) is 1. The maximum absolute atomic E-state index is 6.10. The fraction of sp³-hybridized carbons (Fsp3) is 0.250. The van der Waals surface area contributed by atoms with Crippen molar-refractivity contribution < 1.29 is 4.74 Å². The monoisotopic (exact) mass is 309 g/mol. The number of halogens is 2. The third-order valence-electron chi connectivity index (χ3n) is 3.64. The third kappa shape index (κ3) is 2.93. The van der Waals surface area contributed by atoms with Gasteiger partial charge in [0.1, 0.15) is 5.75 Å². The Morgan fingerprint density at radius 2 is 2.05 bits per heavy atom. The summed E-state index contributed by atoms with van der Waals surface area (Å²) in [5.41, 5.74) is 3.92. The van der Waals surface area contributed by atoms with Crippen molar-refractivity contribution in [1.82, 2.24) is 5.32 Å². The minimum absolute atomic E-state index is 0. The molecule has 1 heterocycles. The summed E-state index contributed by atoms with van der Waals surface area (Å²) in [5.74, 6) is 1.26. The summed E-state index contributed by atoms with van der Waals surface area (Å²) in [6.45, 7) is 1.84. The fourth-order valence-electron chi connectivity index (χ4n) is 2.68. The first-order valence-electron chi connectivity index (χ1n) is 6.41. The van der Waals surface area contributed by atoms with Crippen LogP contribution in [0, 0.1) is 0 Å². The smallest absolute Gasteiger partial charge is 0.119 e. The van der Waals surface area contributed by atoms with Gasteiger partial charge in [-0.3, -0.25) is 0 Å². The normalized spacial score (nSPS) is 17.0. The second kappa shape index (κ2) is 6.49. The molecule has 0 fully saturated rings. The number of hydrogen-bond acceptors (Lipinski definition) is 2. The Balaban J connectivity index is 0.00000147. The summed E-state index contributed by atoms with van der Waals surface area (Å²) >= 11 is 6.10. The molecule has 0 aromatic heterocycles. The van der Waals surface area contributed by atoms with Crippen LogP contribution < -0.4 is 10.1 Å². The van der Waals surface area contributed by atoms with Crippen LogP contribution in [0.3, 0.4) is 0 Å². The Morgan fingerprint density at radius 3 is 2.80 bits per heavy atom. The number of hydrogen-bond donors (Lipinski definition) is 1. The molecule has 1 atom stereocenters. The van der Waals surface area contributed by atoms with Crippen LogP contribution in [0.5, 0.6) is 5.75 Å². The summed E-state index contributed by atoms with van der Waals surface area (Å²) in [4.78, 5) is 0. The van der Waals surface area contributed by atoms with Crippen molar-refractivity contribution in [3.63, 3.8) is 0 Å². The van der Waals surface area contributed by atoms with Crippen LogP contribution in [0.2, 0.25) is 5.02 Å². The highest BCUT2D eigenvalue weighted by Crippen LogP contribution is 2.33. The molecule has 0 amide bonds. The van der Waals surface area contributed by atoms with Gasteiger partial charge in [0.05, 0.1) is 7.11 Å². The van der Waals surface area contributed by atoms with E-state index in [0.29, 0.717) is 5.92 Å². The first-order chi connectivity index (χ1) is 9.28. The van der Waals surface area contributed by atoms with Gasteiger partial charge in [-0.1, -0.05) is 29.8 Å². The zero-order chi connectivity index (χ0) is 13.2. The van der Waals surface area contributed by atoms with Gasteiger partial charge in [-0.05, 0) is 41.0 Å². The molecule has 2 nitrogen and oxygen atoms in total. The van der Waals surface area contributed by atoms with Crippen LogP contribution >= 0.6 is 24.0 Å². The van der Waals surface area contributed by atoms with Crippen molar-refractivity contribution in [1.29, 1.82) is 0 Å².